The molecule has 3 saturated heterocycles. The van der Waals surface area contributed by atoms with Gasteiger partial charge in [0.1, 0.15) is 24.0 Å². The predicted octanol–water partition coefficient (Wildman–Crippen LogP) is 7.52. The van der Waals surface area contributed by atoms with Crippen molar-refractivity contribution in [2.75, 3.05) is 67.8 Å². The molecule has 3 aromatic carbocycles. The van der Waals surface area contributed by atoms with E-state index in [1.54, 1.807) is 12.3 Å². The maximum atomic E-state index is 14.8. The van der Waals surface area contributed by atoms with Gasteiger partial charge in [0, 0.05) is 61.7 Å². The van der Waals surface area contributed by atoms with Gasteiger partial charge in [0.25, 0.3) is 21.6 Å². The Kier molecular flexibility index (Phi) is 11.9. The Balaban J connectivity index is 0.836. The van der Waals surface area contributed by atoms with Gasteiger partial charge in [-0.05, 0) is 124 Å². The molecule has 12 rings (SSSR count). The average Bonchev–Trinajstić information content (AvgIpc) is 3.83. The van der Waals surface area contributed by atoms with Gasteiger partial charge in [-0.1, -0.05) is 24.3 Å². The molecule has 4 atom stereocenters. The van der Waals surface area contributed by atoms with Crippen LogP contribution in [0.25, 0.3) is 11.0 Å². The van der Waals surface area contributed by atoms with Crippen LogP contribution in [0.5, 0.6) is 11.6 Å². The van der Waals surface area contributed by atoms with Crippen molar-refractivity contribution >= 4 is 55.4 Å². The van der Waals surface area contributed by atoms with E-state index in [4.69, 9.17) is 23.9 Å². The first kappa shape index (κ1) is 47.0. The molecule has 72 heavy (non-hydrogen) atoms. The summed E-state index contributed by atoms with van der Waals surface area (Å²) < 4.78 is 55.6. The fraction of sp³-hybridized carbons (Fsp3) is 0.509. The van der Waals surface area contributed by atoms with Crippen LogP contribution in [0.4, 0.5) is 28.4 Å². The van der Waals surface area contributed by atoms with Crippen LogP contribution in [0, 0.1) is 28.4 Å². The van der Waals surface area contributed by atoms with Crippen molar-refractivity contribution in [3.63, 3.8) is 0 Å². The van der Waals surface area contributed by atoms with Crippen molar-refractivity contribution < 1.29 is 42.2 Å². The number of piperidine rings is 1. The quantitative estimate of drug-likeness (QED) is 0.0830. The van der Waals surface area contributed by atoms with Crippen LogP contribution in [0.2, 0.25) is 0 Å². The lowest BCUT2D eigenvalue weighted by molar-refractivity contribution is -0.384. The number of nitro benzene ring substituents is 1. The smallest absolute Gasteiger partial charge is 0.297 e. The van der Waals surface area contributed by atoms with Crippen LogP contribution in [-0.4, -0.2) is 122 Å². The summed E-state index contributed by atoms with van der Waals surface area (Å²) in [5.41, 5.74) is 4.49. The number of nitrogens with zero attached hydrogens (tertiary/aromatic N) is 5. The summed E-state index contributed by atoms with van der Waals surface area (Å²) in [5.74, 6) is -0.435. The average molecular weight is 1000 g/mol. The van der Waals surface area contributed by atoms with E-state index in [0.29, 0.717) is 80.9 Å². The van der Waals surface area contributed by atoms with E-state index >= 15 is 0 Å². The molecule has 19 heteroatoms. The molecule has 18 nitrogen and oxygen atoms in total. The molecule has 2 aromatic heterocycles. The first-order chi connectivity index (χ1) is 34.7. The number of morpholine rings is 1. The molecule has 380 valence electrons. The van der Waals surface area contributed by atoms with Crippen LogP contribution in [-0.2, 0) is 19.5 Å². The summed E-state index contributed by atoms with van der Waals surface area (Å²) in [6.45, 7) is 8.91. The monoisotopic (exact) mass is 1000 g/mol. The van der Waals surface area contributed by atoms with Gasteiger partial charge in [-0.15, -0.1) is 0 Å². The highest BCUT2D eigenvalue weighted by molar-refractivity contribution is 7.90. The number of rotatable bonds is 9. The number of ether oxygens (including phenoxy) is 4. The standard InChI is InChI=1S/C53H62N8O10S/c1-32-5-3-4-6-38(32)45-30-69-22-20-59(45)36-27-53(28-36)15-18-58(19-16-53)35-7-8-39(42(24-35)60-41-12-21-68-31-47(41)71-51-44(60)23-34-11-17-54-49(34)56-51)50(62)57-72(66,67)37-25-43(61(64)65)48-46(26-37)70-29-40(55-48)33-9-13-52(2,63)14-10-33/h3-8,11,17,23-26,33,36,40-41,45,47,55,63H,9-10,12-16,18-22,27-31H2,1-2H3,(H,54,56)(H,57,62)/t33?,40-,41+,45+,47+,52?/m1/s1. The van der Waals surface area contributed by atoms with E-state index in [9.17, 15) is 28.4 Å². The van der Waals surface area contributed by atoms with Gasteiger partial charge in [-0.25, -0.2) is 13.1 Å². The number of hydrogen-bond donors (Lipinski definition) is 4. The normalized spacial score (nSPS) is 27.3. The molecule has 7 aliphatic rings. The summed E-state index contributed by atoms with van der Waals surface area (Å²) in [6, 6.07) is 20.5. The van der Waals surface area contributed by atoms with Crippen molar-refractivity contribution in [1.29, 1.82) is 0 Å². The summed E-state index contributed by atoms with van der Waals surface area (Å²) in [5, 5.41) is 27.2. The number of H-pyrrole nitrogens is 1. The van der Waals surface area contributed by atoms with Crippen LogP contribution in [0.1, 0.15) is 92.2 Å². The second-order valence-corrected chi connectivity index (χ2v) is 23.2. The van der Waals surface area contributed by atoms with Crippen LogP contribution in [0.3, 0.4) is 0 Å². The number of aromatic nitrogens is 2. The minimum Gasteiger partial charge on any atom is -0.489 e. The number of hydrogen-bond acceptors (Lipinski definition) is 15. The SMILES string of the molecule is Cc1ccccc1[C@@H]1COCCN1C1CC2(CCN(c3ccc(C(=O)NS(=O)(=O)c4cc5c(c([N+](=O)[O-])c4)N[C@@H](C4CCC(C)(O)CC4)CO5)c(N4c5cc6cc[nH]c6nc5O[C@H]5COCC[C@@H]54)c3)CC2)C1. The number of carbonyl (C=O) groups is 1. The Morgan fingerprint density at radius 2 is 1.72 bits per heavy atom. The zero-order valence-electron chi connectivity index (χ0n) is 40.7. The van der Waals surface area contributed by atoms with Gasteiger partial charge in [0.2, 0.25) is 5.88 Å². The Hall–Kier alpha value is -5.99. The van der Waals surface area contributed by atoms with Gasteiger partial charge >= 0.3 is 0 Å². The number of pyridine rings is 1. The number of carbonyl (C=O) groups excluding carboxylic acids is 1. The van der Waals surface area contributed by atoms with Crippen molar-refractivity contribution in [2.45, 2.75) is 112 Å². The third-order valence-corrected chi connectivity index (χ3v) is 18.3. The van der Waals surface area contributed by atoms with Crippen molar-refractivity contribution in [3.05, 3.63) is 99.7 Å². The molecule has 2 saturated carbocycles. The van der Waals surface area contributed by atoms with Crippen LogP contribution >= 0.6 is 0 Å². The number of nitrogens with one attached hydrogen (secondary N) is 3. The molecule has 5 aromatic rings. The molecule has 4 N–H and O–H groups in total. The second kappa shape index (κ2) is 18.2. The number of aryl methyl sites for hydroxylation is 1. The van der Waals surface area contributed by atoms with Crippen molar-refractivity contribution in [1.82, 2.24) is 19.6 Å². The number of sulfonamides is 1. The predicted molar refractivity (Wildman–Crippen MR) is 270 cm³/mol. The Labute approximate surface area is 418 Å². The lowest BCUT2D eigenvalue weighted by Crippen LogP contribution is -2.58. The molecule has 5 fully saturated rings. The highest BCUT2D eigenvalue weighted by atomic mass is 32.2. The minimum atomic E-state index is -4.71. The van der Waals surface area contributed by atoms with E-state index in [1.165, 1.54) is 17.2 Å². The first-order valence-corrected chi connectivity index (χ1v) is 27.0. The number of benzene rings is 3. The molecule has 0 unspecified atom stereocenters. The largest absolute Gasteiger partial charge is 0.489 e. The molecule has 1 amide bonds. The molecule has 0 radical (unpaired) electrons. The van der Waals surface area contributed by atoms with Crippen molar-refractivity contribution in [2.24, 2.45) is 11.3 Å². The van der Waals surface area contributed by atoms with Gasteiger partial charge in [-0.3, -0.25) is 19.8 Å². The van der Waals surface area contributed by atoms with E-state index in [-0.39, 0.29) is 53.1 Å². The van der Waals surface area contributed by atoms with E-state index in [0.717, 1.165) is 69.1 Å². The van der Waals surface area contributed by atoms with Gasteiger partial charge in [-0.2, -0.15) is 4.98 Å². The zero-order chi connectivity index (χ0) is 49.5. The second-order valence-electron chi connectivity index (χ2n) is 21.5. The van der Waals surface area contributed by atoms with Crippen LogP contribution in [0.15, 0.2) is 77.8 Å². The third-order valence-electron chi connectivity index (χ3n) is 17.0. The molecule has 5 aliphatic heterocycles. The van der Waals surface area contributed by atoms with Crippen LogP contribution < -0.4 is 29.3 Å². The highest BCUT2D eigenvalue weighted by Crippen LogP contribution is 2.54. The molecule has 2 aliphatic carbocycles. The summed E-state index contributed by atoms with van der Waals surface area (Å²) in [4.78, 5) is 41.4. The Morgan fingerprint density at radius 3 is 2.51 bits per heavy atom. The number of aliphatic hydroxyl groups is 1. The molecular formula is C53H62N8O10S. The van der Waals surface area contributed by atoms with E-state index in [1.807, 2.05) is 31.2 Å². The molecule has 1 spiro atoms. The first-order valence-electron chi connectivity index (χ1n) is 25.5. The van der Waals surface area contributed by atoms with Gasteiger partial charge in [0.05, 0.1) is 64.6 Å². The number of fused-ring (bicyclic) bond motifs is 4. The summed E-state index contributed by atoms with van der Waals surface area (Å²) in [6.07, 6.45) is 8.86. The highest BCUT2D eigenvalue weighted by Gasteiger charge is 2.50. The van der Waals surface area contributed by atoms with Crippen molar-refractivity contribution in [3.8, 4) is 11.6 Å². The molecular weight excluding hydrogens is 941 g/mol. The van der Waals surface area contributed by atoms with E-state index < -0.39 is 43.1 Å². The summed E-state index contributed by atoms with van der Waals surface area (Å²) in [7, 11) is -4.71. The van der Waals surface area contributed by atoms with E-state index in [2.05, 4.69) is 60.9 Å². The number of amides is 1. The fourth-order valence-electron chi connectivity index (χ4n) is 12.9. The van der Waals surface area contributed by atoms with Gasteiger partial charge in [0.15, 0.2) is 11.4 Å². The maximum Gasteiger partial charge on any atom is 0.297 e. The van der Waals surface area contributed by atoms with Gasteiger partial charge < -0.3 is 44.2 Å². The number of aromatic amines is 1. The molecule has 7 heterocycles. The summed E-state index contributed by atoms with van der Waals surface area (Å²) >= 11 is 0. The minimum absolute atomic E-state index is 0.00784. The zero-order valence-corrected chi connectivity index (χ0v) is 41.5. The lowest BCUT2D eigenvalue weighted by Gasteiger charge is -2.57. The maximum absolute atomic E-state index is 14.8. The molecule has 0 bridgehead atoms. The fourth-order valence-corrected chi connectivity index (χ4v) is 13.9. The number of anilines is 4. The Bertz CT molecular complexity index is 3030. The Morgan fingerprint density at radius 1 is 0.931 bits per heavy atom. The topological polar surface area (TPSA) is 214 Å². The number of nitro groups is 1. The lowest BCUT2D eigenvalue weighted by atomic mass is 9.59. The third kappa shape index (κ3) is 8.59.